The van der Waals surface area contributed by atoms with E-state index < -0.39 is 23.9 Å². The number of carbonyl (C=O) groups is 1. The average Bonchev–Trinajstić information content (AvgIpc) is 3.22. The number of hydrogen-bond acceptors (Lipinski definition) is 5. The fourth-order valence-corrected chi connectivity index (χ4v) is 4.20. The molecule has 1 aromatic carbocycles. The van der Waals surface area contributed by atoms with E-state index in [9.17, 15) is 18.0 Å². The van der Waals surface area contributed by atoms with E-state index in [1.807, 2.05) is 29.6 Å². The number of allylic oxidation sites excluding steroid dienone is 1. The van der Waals surface area contributed by atoms with Gasteiger partial charge in [0.1, 0.15) is 10.7 Å². The smallest absolute Gasteiger partial charge is 0.327 e. The largest absolute Gasteiger partial charge is 0.433 e. The van der Waals surface area contributed by atoms with Crippen LogP contribution in [-0.4, -0.2) is 22.7 Å². The van der Waals surface area contributed by atoms with Gasteiger partial charge in [-0.3, -0.25) is 9.98 Å². The second-order valence-corrected chi connectivity index (χ2v) is 7.65. The number of rotatable bonds is 4. The number of alkyl halides is 3. The molecule has 3 heterocycles. The molecule has 2 aromatic heterocycles. The Labute approximate surface area is 179 Å². The Hall–Kier alpha value is -3.53. The van der Waals surface area contributed by atoms with Crippen LogP contribution in [0.15, 0.2) is 58.7 Å². The molecule has 0 spiro atoms. The van der Waals surface area contributed by atoms with Crippen molar-refractivity contribution in [1.82, 2.24) is 20.6 Å². The molecule has 4 rings (SSSR count). The summed E-state index contributed by atoms with van der Waals surface area (Å²) in [7, 11) is 0. The quantitative estimate of drug-likeness (QED) is 0.534. The van der Waals surface area contributed by atoms with E-state index in [4.69, 9.17) is 4.98 Å². The number of hydrogen-bond donors (Lipinski definition) is 2. The molecule has 0 saturated carbocycles. The normalized spacial score (nSPS) is 16.6. The van der Waals surface area contributed by atoms with Crippen molar-refractivity contribution in [2.45, 2.75) is 19.1 Å². The van der Waals surface area contributed by atoms with Crippen LogP contribution in [0.1, 0.15) is 29.2 Å². The summed E-state index contributed by atoms with van der Waals surface area (Å²) < 4.78 is 38.6. The Kier molecular flexibility index (Phi) is 5.32. The number of nitrogens with one attached hydrogen (secondary N) is 2. The number of thiazole rings is 1. The first-order chi connectivity index (χ1) is 14.8. The monoisotopic (exact) mass is 443 g/mol. The Bertz CT molecular complexity index is 1170. The van der Waals surface area contributed by atoms with Gasteiger partial charge in [-0.2, -0.15) is 13.2 Å². The van der Waals surface area contributed by atoms with E-state index in [1.54, 1.807) is 6.92 Å². The van der Waals surface area contributed by atoms with Crippen molar-refractivity contribution in [3.05, 3.63) is 69.9 Å². The van der Waals surface area contributed by atoms with Crippen molar-refractivity contribution in [2.24, 2.45) is 4.99 Å². The van der Waals surface area contributed by atoms with Crippen molar-refractivity contribution >= 4 is 35.3 Å². The second kappa shape index (κ2) is 7.95. The van der Waals surface area contributed by atoms with Gasteiger partial charge in [-0.05, 0) is 37.4 Å². The minimum atomic E-state index is -4.54. The van der Waals surface area contributed by atoms with Gasteiger partial charge in [0.05, 0.1) is 17.4 Å². The third kappa shape index (κ3) is 4.19. The van der Waals surface area contributed by atoms with Crippen molar-refractivity contribution in [2.75, 3.05) is 0 Å². The lowest BCUT2D eigenvalue weighted by molar-refractivity contribution is -0.141. The highest BCUT2D eigenvalue weighted by Crippen LogP contribution is 2.38. The maximum Gasteiger partial charge on any atom is 0.433 e. The molecule has 158 valence electrons. The Morgan fingerprint density at radius 2 is 1.90 bits per heavy atom. The van der Waals surface area contributed by atoms with Gasteiger partial charge in [0.2, 0.25) is 0 Å². The Balaban J connectivity index is 1.71. The molecule has 31 heavy (non-hydrogen) atoms. The van der Waals surface area contributed by atoms with E-state index in [2.05, 4.69) is 27.3 Å². The summed E-state index contributed by atoms with van der Waals surface area (Å²) in [6.07, 6.45) is -3.41. The molecule has 2 amide bonds. The highest BCUT2D eigenvalue weighted by atomic mass is 32.1. The van der Waals surface area contributed by atoms with E-state index >= 15 is 0 Å². The maximum absolute atomic E-state index is 12.9. The van der Waals surface area contributed by atoms with Crippen molar-refractivity contribution < 1.29 is 18.0 Å². The molecular formula is C21H16F3N5OS. The van der Waals surface area contributed by atoms with E-state index in [0.29, 0.717) is 21.8 Å². The molecule has 6 nitrogen and oxygen atoms in total. The van der Waals surface area contributed by atoms with Crippen LogP contribution in [0.25, 0.3) is 16.8 Å². The molecule has 1 atom stereocenters. The predicted octanol–water partition coefficient (Wildman–Crippen LogP) is 5.34. The summed E-state index contributed by atoms with van der Waals surface area (Å²) in [4.78, 5) is 24.1. The minimum Gasteiger partial charge on any atom is -0.327 e. The highest BCUT2D eigenvalue weighted by Gasteiger charge is 2.34. The van der Waals surface area contributed by atoms with Gasteiger partial charge in [0, 0.05) is 28.4 Å². The summed E-state index contributed by atoms with van der Waals surface area (Å²) in [6.45, 7) is 5.22. The molecule has 3 aromatic rings. The first-order valence-corrected chi connectivity index (χ1v) is 9.98. The molecule has 1 aliphatic rings. The molecule has 0 fully saturated rings. The number of nitrogens with zero attached hydrogens (tertiary/aromatic N) is 3. The number of carbonyl (C=O) groups excluding carboxylic acids is 1. The van der Waals surface area contributed by atoms with Crippen LogP contribution in [-0.2, 0) is 6.18 Å². The first-order valence-electron chi connectivity index (χ1n) is 9.11. The van der Waals surface area contributed by atoms with Gasteiger partial charge in [-0.1, -0.05) is 18.2 Å². The standard InChI is InChI=1S/C21H16F3N5OS/c1-11-17(19-28-15(10-31-19)12-3-6-14(25-2)7-4-12)18(29-20(30)27-11)13-5-8-16(26-9-13)21(22,23)24/h3-10,18H,2H2,1H3,(H2,27,29,30). The van der Waals surface area contributed by atoms with Crippen LogP contribution in [0.4, 0.5) is 23.7 Å². The zero-order valence-electron chi connectivity index (χ0n) is 16.2. The van der Waals surface area contributed by atoms with Crippen molar-refractivity contribution in [3.8, 4) is 11.3 Å². The third-order valence-corrected chi connectivity index (χ3v) is 5.64. The van der Waals surface area contributed by atoms with Crippen LogP contribution < -0.4 is 10.6 Å². The third-order valence-electron chi connectivity index (χ3n) is 4.76. The molecular weight excluding hydrogens is 427 g/mol. The molecule has 2 N–H and O–H groups in total. The zero-order chi connectivity index (χ0) is 22.2. The number of aromatic nitrogens is 2. The van der Waals surface area contributed by atoms with E-state index in [1.165, 1.54) is 17.4 Å². The van der Waals surface area contributed by atoms with Gasteiger partial charge < -0.3 is 10.6 Å². The fraction of sp³-hybridized carbons (Fsp3) is 0.143. The van der Waals surface area contributed by atoms with Gasteiger partial charge >= 0.3 is 12.2 Å². The summed E-state index contributed by atoms with van der Waals surface area (Å²) >= 11 is 1.38. The topological polar surface area (TPSA) is 79.3 Å². The average molecular weight is 443 g/mol. The SMILES string of the molecule is C=Nc1ccc(-c2csc(C3=C(C)NC(=O)NC3c3ccc(C(F)(F)F)nc3)n2)cc1. The van der Waals surface area contributed by atoms with Crippen LogP contribution in [0, 0.1) is 0 Å². The summed E-state index contributed by atoms with van der Waals surface area (Å²) in [5.41, 5.74) is 3.03. The van der Waals surface area contributed by atoms with Gasteiger partial charge in [-0.25, -0.2) is 9.78 Å². The number of urea groups is 1. The highest BCUT2D eigenvalue weighted by molar-refractivity contribution is 7.11. The molecule has 0 bridgehead atoms. The first kappa shape index (κ1) is 20.7. The molecule has 0 radical (unpaired) electrons. The number of benzene rings is 1. The van der Waals surface area contributed by atoms with Gasteiger partial charge in [0.15, 0.2) is 0 Å². The number of pyridine rings is 1. The minimum absolute atomic E-state index is 0.426. The number of aliphatic imine (C=N–C) groups is 1. The fourth-order valence-electron chi connectivity index (χ4n) is 3.24. The summed E-state index contributed by atoms with van der Waals surface area (Å²) in [5, 5.41) is 7.97. The lowest BCUT2D eigenvalue weighted by Gasteiger charge is -2.28. The summed E-state index contributed by atoms with van der Waals surface area (Å²) in [5.74, 6) is 0. The molecule has 1 aliphatic heterocycles. The van der Waals surface area contributed by atoms with Gasteiger partial charge in [-0.15, -0.1) is 11.3 Å². The molecule has 0 aliphatic carbocycles. The van der Waals surface area contributed by atoms with Crippen LogP contribution in [0.2, 0.25) is 0 Å². The van der Waals surface area contributed by atoms with Crippen LogP contribution in [0.5, 0.6) is 0 Å². The molecule has 0 saturated heterocycles. The van der Waals surface area contributed by atoms with Crippen LogP contribution >= 0.6 is 11.3 Å². The van der Waals surface area contributed by atoms with Gasteiger partial charge in [0.25, 0.3) is 0 Å². The van der Waals surface area contributed by atoms with Crippen LogP contribution in [0.3, 0.4) is 0 Å². The predicted molar refractivity (Wildman–Crippen MR) is 113 cm³/mol. The Morgan fingerprint density at radius 1 is 1.16 bits per heavy atom. The number of amides is 2. The lowest BCUT2D eigenvalue weighted by atomic mass is 9.97. The number of halogens is 3. The molecule has 1 unspecified atom stereocenters. The lowest BCUT2D eigenvalue weighted by Crippen LogP contribution is -2.42. The summed E-state index contributed by atoms with van der Waals surface area (Å²) in [6, 6.07) is 8.49. The van der Waals surface area contributed by atoms with Crippen molar-refractivity contribution in [3.63, 3.8) is 0 Å². The maximum atomic E-state index is 12.9. The zero-order valence-corrected chi connectivity index (χ0v) is 17.0. The molecule has 10 heteroatoms. The second-order valence-electron chi connectivity index (χ2n) is 6.79. The Morgan fingerprint density at radius 3 is 2.52 bits per heavy atom. The van der Waals surface area contributed by atoms with E-state index in [-0.39, 0.29) is 0 Å². The van der Waals surface area contributed by atoms with Crippen molar-refractivity contribution in [1.29, 1.82) is 0 Å². The van der Waals surface area contributed by atoms with E-state index in [0.717, 1.165) is 29.2 Å².